The normalized spacial score (nSPS) is 16.0. The third-order valence-electron chi connectivity index (χ3n) is 4.96. The van der Waals surface area contributed by atoms with Gasteiger partial charge in [0.25, 0.3) is 15.6 Å². The van der Waals surface area contributed by atoms with Gasteiger partial charge in [0.2, 0.25) is 5.91 Å². The van der Waals surface area contributed by atoms with Gasteiger partial charge in [-0.3, -0.25) is 14.6 Å². The Balaban J connectivity index is 1.62. The first-order valence-electron chi connectivity index (χ1n) is 9.26. The van der Waals surface area contributed by atoms with E-state index in [0.717, 1.165) is 0 Å². The fourth-order valence-corrected chi connectivity index (χ4v) is 4.66. The molecule has 0 saturated carbocycles. The summed E-state index contributed by atoms with van der Waals surface area (Å²) in [6, 6.07) is 1.22. The van der Waals surface area contributed by atoms with Gasteiger partial charge in [-0.05, 0) is 13.3 Å². The molecule has 0 aliphatic carbocycles. The minimum atomic E-state index is -3.72. The quantitative estimate of drug-likeness (QED) is 0.648. The molecule has 1 N–H and O–H groups in total. The van der Waals surface area contributed by atoms with Gasteiger partial charge in [-0.1, -0.05) is 0 Å². The average Bonchev–Trinajstić information content (AvgIpc) is 2.86. The minimum absolute atomic E-state index is 0.00900. The summed E-state index contributed by atoms with van der Waals surface area (Å²) in [4.78, 5) is 43.2. The zero-order chi connectivity index (χ0) is 21.2. The molecule has 12 heteroatoms. The zero-order valence-corrected chi connectivity index (χ0v) is 17.2. The number of H-pyrrole nitrogens is 1. The third kappa shape index (κ3) is 4.65. The molecule has 29 heavy (non-hydrogen) atoms. The molecule has 0 bridgehead atoms. The first-order chi connectivity index (χ1) is 13.7. The second kappa shape index (κ2) is 8.33. The molecule has 0 unspecified atom stereocenters. The van der Waals surface area contributed by atoms with Crippen LogP contribution in [0.2, 0.25) is 0 Å². The number of aryl methyl sites for hydroxylation is 3. The Morgan fingerprint density at radius 2 is 1.97 bits per heavy atom. The fraction of sp³-hybridized carbons (Fsp3) is 0.529. The van der Waals surface area contributed by atoms with Crippen molar-refractivity contribution in [2.24, 2.45) is 7.05 Å². The monoisotopic (exact) mass is 424 g/mol. The molecule has 1 amide bonds. The lowest BCUT2D eigenvalue weighted by atomic mass is 10.3. The number of hydrogen-bond donors (Lipinski definition) is 1. The Labute approximate surface area is 167 Å². The van der Waals surface area contributed by atoms with E-state index in [0.29, 0.717) is 25.3 Å². The van der Waals surface area contributed by atoms with Crippen LogP contribution in [0.25, 0.3) is 0 Å². The molecule has 3 heterocycles. The standard InChI is InChI=1S/C17H24N6O5S/c1-13-18-15(12-20(13)2)29(27,28)23-7-3-6-21(10-11-23)16(25)5-9-22-8-4-14(24)19-17(22)26/h4,8,12H,3,5-7,9-11H2,1-2H3,(H,19,24,26). The van der Waals surface area contributed by atoms with Crippen LogP contribution < -0.4 is 11.2 Å². The van der Waals surface area contributed by atoms with Crippen LogP contribution in [0.4, 0.5) is 0 Å². The molecule has 158 valence electrons. The van der Waals surface area contributed by atoms with E-state index < -0.39 is 21.3 Å². The SMILES string of the molecule is Cc1nc(S(=O)(=O)N2CCCN(C(=O)CCn3ccc(=O)[nH]c3=O)CC2)cn1C. The number of amides is 1. The second-order valence-corrected chi connectivity index (χ2v) is 8.81. The highest BCUT2D eigenvalue weighted by Gasteiger charge is 2.30. The lowest BCUT2D eigenvalue weighted by Gasteiger charge is -2.21. The van der Waals surface area contributed by atoms with Gasteiger partial charge in [-0.25, -0.2) is 18.2 Å². The van der Waals surface area contributed by atoms with E-state index >= 15 is 0 Å². The number of rotatable bonds is 5. The van der Waals surface area contributed by atoms with E-state index in [2.05, 4.69) is 9.97 Å². The van der Waals surface area contributed by atoms with Crippen molar-refractivity contribution in [3.05, 3.63) is 45.1 Å². The van der Waals surface area contributed by atoms with Gasteiger partial charge < -0.3 is 14.0 Å². The molecule has 0 aromatic carbocycles. The van der Waals surface area contributed by atoms with E-state index in [-0.39, 0.29) is 37.0 Å². The van der Waals surface area contributed by atoms with Crippen molar-refractivity contribution in [1.82, 2.24) is 28.3 Å². The summed E-state index contributed by atoms with van der Waals surface area (Å²) >= 11 is 0. The summed E-state index contributed by atoms with van der Waals surface area (Å²) < 4.78 is 29.9. The number of hydrogen-bond acceptors (Lipinski definition) is 6. The summed E-state index contributed by atoms with van der Waals surface area (Å²) in [6.45, 7) is 3.07. The highest BCUT2D eigenvalue weighted by molar-refractivity contribution is 7.89. The van der Waals surface area contributed by atoms with E-state index in [9.17, 15) is 22.8 Å². The maximum Gasteiger partial charge on any atom is 0.328 e. The molecule has 2 aromatic heterocycles. The van der Waals surface area contributed by atoms with Crippen LogP contribution in [0, 0.1) is 6.92 Å². The molecule has 0 radical (unpaired) electrons. The van der Waals surface area contributed by atoms with E-state index in [1.807, 2.05) is 0 Å². The number of aromatic amines is 1. The van der Waals surface area contributed by atoms with Crippen LogP contribution in [-0.4, -0.2) is 68.8 Å². The number of nitrogens with one attached hydrogen (secondary N) is 1. The molecule has 1 fully saturated rings. The van der Waals surface area contributed by atoms with Crippen molar-refractivity contribution >= 4 is 15.9 Å². The van der Waals surface area contributed by atoms with Gasteiger partial charge >= 0.3 is 5.69 Å². The number of carbonyl (C=O) groups is 1. The van der Waals surface area contributed by atoms with Crippen LogP contribution in [0.3, 0.4) is 0 Å². The van der Waals surface area contributed by atoms with Gasteiger partial charge in [-0.15, -0.1) is 0 Å². The van der Waals surface area contributed by atoms with Crippen LogP contribution in [0.15, 0.2) is 33.1 Å². The molecular weight excluding hydrogens is 400 g/mol. The molecule has 1 aliphatic heterocycles. The predicted molar refractivity (Wildman–Crippen MR) is 104 cm³/mol. The molecule has 1 aliphatic rings. The Bertz CT molecular complexity index is 1100. The number of sulfonamides is 1. The van der Waals surface area contributed by atoms with Gasteiger partial charge in [0.05, 0.1) is 0 Å². The van der Waals surface area contributed by atoms with Crippen molar-refractivity contribution in [2.45, 2.75) is 31.3 Å². The Hall–Kier alpha value is -2.73. The lowest BCUT2D eigenvalue weighted by molar-refractivity contribution is -0.131. The largest absolute Gasteiger partial charge is 0.341 e. The summed E-state index contributed by atoms with van der Waals surface area (Å²) in [5, 5.41) is 0.00900. The van der Waals surface area contributed by atoms with Gasteiger partial charge in [-0.2, -0.15) is 4.31 Å². The van der Waals surface area contributed by atoms with Crippen molar-refractivity contribution in [3.8, 4) is 0 Å². The van der Waals surface area contributed by atoms with E-state index in [1.54, 1.807) is 23.4 Å². The van der Waals surface area contributed by atoms with Gasteiger partial charge in [0.1, 0.15) is 5.82 Å². The second-order valence-electron chi connectivity index (χ2n) is 6.93. The van der Waals surface area contributed by atoms with Gasteiger partial charge in [0.15, 0.2) is 5.03 Å². The summed E-state index contributed by atoms with van der Waals surface area (Å²) in [5.74, 6) is 0.434. The van der Waals surface area contributed by atoms with Crippen LogP contribution >= 0.6 is 0 Å². The van der Waals surface area contributed by atoms with Crippen LogP contribution in [0.1, 0.15) is 18.7 Å². The average molecular weight is 424 g/mol. The number of imidazole rings is 1. The molecular formula is C17H24N6O5S. The zero-order valence-electron chi connectivity index (χ0n) is 16.4. The number of carbonyl (C=O) groups excluding carboxylic acids is 1. The summed E-state index contributed by atoms with van der Waals surface area (Å²) in [6.07, 6.45) is 3.42. The molecule has 1 saturated heterocycles. The predicted octanol–water partition coefficient (Wildman–Crippen LogP) is -1.11. The Kier molecular flexibility index (Phi) is 6.03. The Morgan fingerprint density at radius 1 is 1.21 bits per heavy atom. The van der Waals surface area contributed by atoms with Crippen molar-refractivity contribution in [2.75, 3.05) is 26.2 Å². The van der Waals surface area contributed by atoms with E-state index in [1.165, 1.54) is 27.3 Å². The third-order valence-corrected chi connectivity index (χ3v) is 6.73. The van der Waals surface area contributed by atoms with Crippen LogP contribution in [-0.2, 0) is 28.4 Å². The van der Waals surface area contributed by atoms with Crippen LogP contribution in [0.5, 0.6) is 0 Å². The summed E-state index contributed by atoms with van der Waals surface area (Å²) in [7, 11) is -1.98. The molecule has 3 rings (SSSR count). The smallest absolute Gasteiger partial charge is 0.328 e. The summed E-state index contributed by atoms with van der Waals surface area (Å²) in [5.41, 5.74) is -1.06. The van der Waals surface area contributed by atoms with Crippen molar-refractivity contribution < 1.29 is 13.2 Å². The topological polar surface area (TPSA) is 130 Å². The van der Waals surface area contributed by atoms with Crippen molar-refractivity contribution in [1.29, 1.82) is 0 Å². The molecule has 2 aromatic rings. The van der Waals surface area contributed by atoms with E-state index in [4.69, 9.17) is 0 Å². The van der Waals surface area contributed by atoms with Gasteiger partial charge in [0, 0.05) is 64.7 Å². The number of aromatic nitrogens is 4. The first-order valence-corrected chi connectivity index (χ1v) is 10.7. The minimum Gasteiger partial charge on any atom is -0.341 e. The maximum absolute atomic E-state index is 12.8. The highest BCUT2D eigenvalue weighted by atomic mass is 32.2. The lowest BCUT2D eigenvalue weighted by Crippen LogP contribution is -2.38. The molecule has 0 atom stereocenters. The Morgan fingerprint density at radius 3 is 2.62 bits per heavy atom. The number of nitrogens with zero attached hydrogens (tertiary/aromatic N) is 5. The highest BCUT2D eigenvalue weighted by Crippen LogP contribution is 2.17. The molecule has 0 spiro atoms. The van der Waals surface area contributed by atoms with Crippen molar-refractivity contribution in [3.63, 3.8) is 0 Å². The first kappa shape index (κ1) is 21.0. The molecule has 11 nitrogen and oxygen atoms in total. The maximum atomic E-state index is 12.8. The fourth-order valence-electron chi connectivity index (χ4n) is 3.16.